The highest BCUT2D eigenvalue weighted by Crippen LogP contribution is 2.21. The van der Waals surface area contributed by atoms with E-state index >= 15 is 0 Å². The van der Waals surface area contributed by atoms with E-state index in [1.54, 1.807) is 6.07 Å². The highest BCUT2D eigenvalue weighted by molar-refractivity contribution is 5.30. The average Bonchev–Trinajstić information content (AvgIpc) is 2.38. The minimum Gasteiger partial charge on any atom is -0.494 e. The third-order valence-electron chi connectivity index (χ3n) is 2.87. The fourth-order valence-electron chi connectivity index (χ4n) is 1.74. The van der Waals surface area contributed by atoms with Gasteiger partial charge < -0.3 is 10.1 Å². The quantitative estimate of drug-likeness (QED) is 0.591. The van der Waals surface area contributed by atoms with E-state index in [0.717, 1.165) is 31.4 Å². The normalized spacial score (nSPS) is 11.9. The van der Waals surface area contributed by atoms with Gasteiger partial charge in [0.25, 0.3) is 0 Å². The zero-order valence-electron chi connectivity index (χ0n) is 11.0. The van der Waals surface area contributed by atoms with Crippen molar-refractivity contribution in [1.82, 2.24) is 5.32 Å². The summed E-state index contributed by atoms with van der Waals surface area (Å²) in [5, 5.41) is 3.35. The molecule has 0 fully saturated rings. The van der Waals surface area contributed by atoms with Gasteiger partial charge in [-0.15, -0.1) is 12.3 Å². The van der Waals surface area contributed by atoms with Gasteiger partial charge in [-0.25, -0.2) is 4.39 Å². The van der Waals surface area contributed by atoms with E-state index in [2.05, 4.69) is 11.2 Å². The number of methoxy groups -OCH3 is 1. The molecule has 0 saturated heterocycles. The standard InChI is InChI=1S/C15H20FNO/c1-4-5-6-7-10-17-12(2)13-8-9-15(18-3)14(16)11-13/h1,8-9,11-12,17H,5-7,10H2,2-3H3. The van der Waals surface area contributed by atoms with E-state index in [0.29, 0.717) is 0 Å². The number of hydrogen-bond acceptors (Lipinski definition) is 2. The Morgan fingerprint density at radius 3 is 2.83 bits per heavy atom. The molecule has 1 unspecified atom stereocenters. The second-order valence-corrected chi connectivity index (χ2v) is 4.23. The third kappa shape index (κ3) is 4.38. The molecule has 0 aliphatic heterocycles. The summed E-state index contributed by atoms with van der Waals surface area (Å²) in [6.45, 7) is 2.90. The maximum absolute atomic E-state index is 13.5. The van der Waals surface area contributed by atoms with E-state index in [9.17, 15) is 4.39 Å². The summed E-state index contributed by atoms with van der Waals surface area (Å²) in [6.07, 6.45) is 8.05. The van der Waals surface area contributed by atoms with Crippen molar-refractivity contribution in [2.24, 2.45) is 0 Å². The van der Waals surface area contributed by atoms with E-state index in [-0.39, 0.29) is 17.6 Å². The van der Waals surface area contributed by atoms with Gasteiger partial charge in [-0.3, -0.25) is 0 Å². The van der Waals surface area contributed by atoms with E-state index in [1.807, 2.05) is 13.0 Å². The molecule has 2 nitrogen and oxygen atoms in total. The van der Waals surface area contributed by atoms with Gasteiger partial charge in [0.15, 0.2) is 11.6 Å². The first-order chi connectivity index (χ1) is 8.69. The van der Waals surface area contributed by atoms with Crippen LogP contribution in [0.5, 0.6) is 5.75 Å². The Morgan fingerprint density at radius 2 is 2.22 bits per heavy atom. The van der Waals surface area contributed by atoms with Crippen LogP contribution in [-0.4, -0.2) is 13.7 Å². The summed E-state index contributed by atoms with van der Waals surface area (Å²) in [7, 11) is 1.46. The van der Waals surface area contributed by atoms with Crippen LogP contribution in [0.1, 0.15) is 37.8 Å². The zero-order chi connectivity index (χ0) is 13.4. The van der Waals surface area contributed by atoms with Crippen LogP contribution in [0.25, 0.3) is 0 Å². The summed E-state index contributed by atoms with van der Waals surface area (Å²) in [4.78, 5) is 0. The Labute approximate surface area is 109 Å². The molecule has 0 spiro atoms. The topological polar surface area (TPSA) is 21.3 Å². The van der Waals surface area contributed by atoms with Crippen LogP contribution in [0.4, 0.5) is 4.39 Å². The van der Waals surface area contributed by atoms with Crippen molar-refractivity contribution in [1.29, 1.82) is 0 Å². The number of hydrogen-bond donors (Lipinski definition) is 1. The molecule has 98 valence electrons. The van der Waals surface area contributed by atoms with Crippen LogP contribution in [0.15, 0.2) is 18.2 Å². The fourth-order valence-corrected chi connectivity index (χ4v) is 1.74. The Hall–Kier alpha value is -1.53. The molecule has 0 aliphatic rings. The monoisotopic (exact) mass is 249 g/mol. The molecule has 0 bridgehead atoms. The largest absolute Gasteiger partial charge is 0.494 e. The minimum absolute atomic E-state index is 0.122. The molecular formula is C15H20FNO. The lowest BCUT2D eigenvalue weighted by molar-refractivity contribution is 0.385. The second-order valence-electron chi connectivity index (χ2n) is 4.23. The third-order valence-corrected chi connectivity index (χ3v) is 2.87. The van der Waals surface area contributed by atoms with Gasteiger partial charge in [-0.2, -0.15) is 0 Å². The Kier molecular flexibility index (Phi) is 6.24. The number of nitrogens with one attached hydrogen (secondary N) is 1. The Balaban J connectivity index is 2.44. The van der Waals surface area contributed by atoms with E-state index in [1.165, 1.54) is 13.2 Å². The van der Waals surface area contributed by atoms with Crippen LogP contribution < -0.4 is 10.1 Å². The predicted octanol–water partition coefficient (Wildman–Crippen LogP) is 3.29. The smallest absolute Gasteiger partial charge is 0.165 e. The number of rotatable bonds is 7. The summed E-state index contributed by atoms with van der Waals surface area (Å²) in [6, 6.07) is 5.16. The lowest BCUT2D eigenvalue weighted by Crippen LogP contribution is -2.19. The Morgan fingerprint density at radius 1 is 1.44 bits per heavy atom. The lowest BCUT2D eigenvalue weighted by atomic mass is 10.1. The highest BCUT2D eigenvalue weighted by Gasteiger charge is 2.08. The molecule has 0 heterocycles. The van der Waals surface area contributed by atoms with Gasteiger partial charge in [0, 0.05) is 12.5 Å². The van der Waals surface area contributed by atoms with Gasteiger partial charge in [-0.05, 0) is 44.0 Å². The predicted molar refractivity (Wildman–Crippen MR) is 72.1 cm³/mol. The molecule has 0 aromatic heterocycles. The lowest BCUT2D eigenvalue weighted by Gasteiger charge is -2.15. The van der Waals surface area contributed by atoms with Crippen molar-refractivity contribution in [3.05, 3.63) is 29.6 Å². The maximum atomic E-state index is 13.5. The molecule has 1 atom stereocenters. The number of unbranched alkanes of at least 4 members (excludes halogenated alkanes) is 2. The first-order valence-electron chi connectivity index (χ1n) is 6.19. The maximum Gasteiger partial charge on any atom is 0.165 e. The van der Waals surface area contributed by atoms with Crippen LogP contribution >= 0.6 is 0 Å². The van der Waals surface area contributed by atoms with Crippen LogP contribution in [-0.2, 0) is 0 Å². The molecule has 0 amide bonds. The molecule has 18 heavy (non-hydrogen) atoms. The van der Waals surface area contributed by atoms with Crippen molar-refractivity contribution in [3.8, 4) is 18.1 Å². The zero-order valence-corrected chi connectivity index (χ0v) is 11.0. The number of terminal acetylenes is 1. The summed E-state index contributed by atoms with van der Waals surface area (Å²) >= 11 is 0. The molecule has 3 heteroatoms. The summed E-state index contributed by atoms with van der Waals surface area (Å²) in [5.74, 6) is 2.57. The highest BCUT2D eigenvalue weighted by atomic mass is 19.1. The van der Waals surface area contributed by atoms with Crippen LogP contribution in [0.3, 0.4) is 0 Å². The Bertz CT molecular complexity index is 411. The summed E-state index contributed by atoms with van der Waals surface area (Å²) in [5.41, 5.74) is 0.922. The van der Waals surface area contributed by atoms with E-state index < -0.39 is 0 Å². The number of halogens is 1. The van der Waals surface area contributed by atoms with Gasteiger partial charge in [-0.1, -0.05) is 6.07 Å². The van der Waals surface area contributed by atoms with Gasteiger partial charge in [0.05, 0.1) is 7.11 Å². The number of benzene rings is 1. The molecule has 0 aliphatic carbocycles. The average molecular weight is 249 g/mol. The second kappa shape index (κ2) is 7.73. The molecule has 1 aromatic rings. The molecular weight excluding hydrogens is 229 g/mol. The summed E-state index contributed by atoms with van der Waals surface area (Å²) < 4.78 is 18.4. The molecule has 0 radical (unpaired) electrons. The van der Waals surface area contributed by atoms with Crippen LogP contribution in [0.2, 0.25) is 0 Å². The van der Waals surface area contributed by atoms with Crippen molar-refractivity contribution in [2.45, 2.75) is 32.2 Å². The van der Waals surface area contributed by atoms with Gasteiger partial charge in [0.1, 0.15) is 0 Å². The van der Waals surface area contributed by atoms with Gasteiger partial charge >= 0.3 is 0 Å². The molecule has 1 N–H and O–H groups in total. The first kappa shape index (κ1) is 14.5. The van der Waals surface area contributed by atoms with Crippen molar-refractivity contribution in [2.75, 3.05) is 13.7 Å². The van der Waals surface area contributed by atoms with Crippen molar-refractivity contribution < 1.29 is 9.13 Å². The van der Waals surface area contributed by atoms with Gasteiger partial charge in [0.2, 0.25) is 0 Å². The minimum atomic E-state index is -0.323. The fraction of sp³-hybridized carbons (Fsp3) is 0.467. The van der Waals surface area contributed by atoms with Crippen molar-refractivity contribution >= 4 is 0 Å². The molecule has 1 aromatic carbocycles. The van der Waals surface area contributed by atoms with Crippen molar-refractivity contribution in [3.63, 3.8) is 0 Å². The number of ether oxygens (including phenoxy) is 1. The van der Waals surface area contributed by atoms with E-state index in [4.69, 9.17) is 11.2 Å². The SMILES string of the molecule is C#CCCCCNC(C)c1ccc(OC)c(F)c1. The first-order valence-corrected chi connectivity index (χ1v) is 6.19. The molecule has 1 rings (SSSR count). The van der Waals surface area contributed by atoms with Crippen LogP contribution in [0, 0.1) is 18.2 Å². The molecule has 0 saturated carbocycles.